The smallest absolute Gasteiger partial charge is 0.186 e. The highest BCUT2D eigenvalue weighted by molar-refractivity contribution is 5.75. The van der Waals surface area contributed by atoms with Crippen molar-refractivity contribution in [3.8, 4) is 0 Å². The third kappa shape index (κ3) is 2.97. The Bertz CT molecular complexity index is 357. The molecule has 1 atom stereocenters. The summed E-state index contributed by atoms with van der Waals surface area (Å²) in [7, 11) is 0. The van der Waals surface area contributed by atoms with Crippen LogP contribution in [0.5, 0.6) is 0 Å². The minimum atomic E-state index is 0.201. The molecule has 4 N–H and O–H groups in total. The summed E-state index contributed by atoms with van der Waals surface area (Å²) in [5, 5.41) is 0. The predicted molar refractivity (Wildman–Crippen MR) is 65.9 cm³/mol. The Hall–Kier alpha value is -1.55. The first-order chi connectivity index (χ1) is 7.74. The second kappa shape index (κ2) is 4.99. The van der Waals surface area contributed by atoms with E-state index in [0.29, 0.717) is 0 Å². The topological polar surface area (TPSA) is 67.6 Å². The van der Waals surface area contributed by atoms with E-state index in [0.717, 1.165) is 26.1 Å². The van der Waals surface area contributed by atoms with Crippen LogP contribution in [0.15, 0.2) is 35.3 Å². The Morgan fingerprint density at radius 1 is 1.31 bits per heavy atom. The molecule has 0 spiro atoms. The Balaban J connectivity index is 1.88. The van der Waals surface area contributed by atoms with Crippen molar-refractivity contribution in [2.75, 3.05) is 13.1 Å². The Labute approximate surface area is 96.0 Å². The van der Waals surface area contributed by atoms with E-state index in [2.05, 4.69) is 34.2 Å². The summed E-state index contributed by atoms with van der Waals surface area (Å²) in [5.41, 5.74) is 12.1. The first kappa shape index (κ1) is 11.0. The minimum Gasteiger partial charge on any atom is -0.370 e. The molecule has 1 aromatic carbocycles. The first-order valence-corrected chi connectivity index (χ1v) is 5.59. The van der Waals surface area contributed by atoms with Gasteiger partial charge in [0, 0.05) is 19.6 Å². The molecule has 16 heavy (non-hydrogen) atoms. The molecule has 4 nitrogen and oxygen atoms in total. The molecule has 0 radical (unpaired) electrons. The largest absolute Gasteiger partial charge is 0.370 e. The third-order valence-electron chi connectivity index (χ3n) is 2.83. The van der Waals surface area contributed by atoms with E-state index in [-0.39, 0.29) is 12.0 Å². The third-order valence-corrected chi connectivity index (χ3v) is 2.83. The fourth-order valence-electron chi connectivity index (χ4n) is 2.11. The van der Waals surface area contributed by atoms with Crippen molar-refractivity contribution in [1.29, 1.82) is 0 Å². The van der Waals surface area contributed by atoms with Gasteiger partial charge in [0.15, 0.2) is 5.96 Å². The van der Waals surface area contributed by atoms with Gasteiger partial charge < -0.3 is 11.5 Å². The highest BCUT2D eigenvalue weighted by atomic mass is 15.2. The van der Waals surface area contributed by atoms with Gasteiger partial charge in [0.25, 0.3) is 0 Å². The van der Waals surface area contributed by atoms with Gasteiger partial charge in [-0.05, 0) is 12.0 Å². The van der Waals surface area contributed by atoms with E-state index in [9.17, 15) is 0 Å². The fraction of sp³-hybridized carbons (Fsp3) is 0.417. The number of hydrogen-bond donors (Lipinski definition) is 2. The summed E-state index contributed by atoms with van der Waals surface area (Å²) >= 11 is 0. The SMILES string of the molecule is NC(N)=NC1CCN(Cc2ccccc2)C1. The maximum absolute atomic E-state index is 5.38. The molecule has 1 aliphatic rings. The van der Waals surface area contributed by atoms with Gasteiger partial charge in [-0.3, -0.25) is 4.90 Å². The van der Waals surface area contributed by atoms with Gasteiger partial charge in [0.2, 0.25) is 0 Å². The Morgan fingerprint density at radius 2 is 2.06 bits per heavy atom. The summed E-state index contributed by atoms with van der Waals surface area (Å²) in [5.74, 6) is 0.201. The molecule has 0 aliphatic carbocycles. The van der Waals surface area contributed by atoms with Crippen molar-refractivity contribution in [3.05, 3.63) is 35.9 Å². The molecular weight excluding hydrogens is 200 g/mol. The van der Waals surface area contributed by atoms with Crippen LogP contribution in [0.4, 0.5) is 0 Å². The number of rotatable bonds is 3. The molecule has 1 aromatic rings. The molecule has 0 aromatic heterocycles. The molecule has 1 fully saturated rings. The number of nitrogens with two attached hydrogens (primary N) is 2. The highest BCUT2D eigenvalue weighted by Gasteiger charge is 2.21. The van der Waals surface area contributed by atoms with Crippen LogP contribution in [-0.2, 0) is 6.54 Å². The van der Waals surface area contributed by atoms with E-state index >= 15 is 0 Å². The van der Waals surface area contributed by atoms with E-state index in [1.54, 1.807) is 0 Å². The minimum absolute atomic E-state index is 0.201. The average molecular weight is 218 g/mol. The van der Waals surface area contributed by atoms with Crippen molar-refractivity contribution < 1.29 is 0 Å². The standard InChI is InChI=1S/C12H18N4/c13-12(14)15-11-6-7-16(9-11)8-10-4-2-1-3-5-10/h1-5,11H,6-9H2,(H4,13,14,15). The number of guanidine groups is 1. The zero-order valence-electron chi connectivity index (χ0n) is 9.34. The van der Waals surface area contributed by atoms with Crippen LogP contribution in [0, 0.1) is 0 Å². The van der Waals surface area contributed by atoms with Crippen LogP contribution in [0.1, 0.15) is 12.0 Å². The Morgan fingerprint density at radius 3 is 2.75 bits per heavy atom. The van der Waals surface area contributed by atoms with Crippen LogP contribution >= 0.6 is 0 Å². The van der Waals surface area contributed by atoms with Crippen LogP contribution in [0.25, 0.3) is 0 Å². The van der Waals surface area contributed by atoms with Gasteiger partial charge in [0.05, 0.1) is 6.04 Å². The lowest BCUT2D eigenvalue weighted by molar-refractivity contribution is 0.327. The number of aliphatic imine (C=N–C) groups is 1. The summed E-state index contributed by atoms with van der Waals surface area (Å²) in [6.07, 6.45) is 1.05. The van der Waals surface area contributed by atoms with Crippen molar-refractivity contribution in [2.24, 2.45) is 16.5 Å². The van der Waals surface area contributed by atoms with Crippen molar-refractivity contribution in [2.45, 2.75) is 19.0 Å². The summed E-state index contributed by atoms with van der Waals surface area (Å²) in [4.78, 5) is 6.58. The molecule has 2 rings (SSSR count). The average Bonchev–Trinajstić information content (AvgIpc) is 2.66. The predicted octanol–water partition coefficient (Wildman–Crippen LogP) is 0.534. The Kier molecular flexibility index (Phi) is 3.41. The number of likely N-dealkylation sites (tertiary alicyclic amines) is 1. The van der Waals surface area contributed by atoms with E-state index in [1.807, 2.05) is 6.07 Å². The van der Waals surface area contributed by atoms with Gasteiger partial charge in [-0.25, -0.2) is 4.99 Å². The zero-order valence-corrected chi connectivity index (χ0v) is 9.34. The van der Waals surface area contributed by atoms with Gasteiger partial charge in [-0.1, -0.05) is 30.3 Å². The fourth-order valence-corrected chi connectivity index (χ4v) is 2.11. The quantitative estimate of drug-likeness (QED) is 0.574. The second-order valence-electron chi connectivity index (χ2n) is 4.22. The first-order valence-electron chi connectivity index (χ1n) is 5.59. The van der Waals surface area contributed by atoms with Gasteiger partial charge in [-0.15, -0.1) is 0 Å². The molecule has 4 heteroatoms. The van der Waals surface area contributed by atoms with E-state index < -0.39 is 0 Å². The molecule has 0 bridgehead atoms. The monoisotopic (exact) mass is 218 g/mol. The van der Waals surface area contributed by atoms with Gasteiger partial charge >= 0.3 is 0 Å². The second-order valence-corrected chi connectivity index (χ2v) is 4.22. The maximum Gasteiger partial charge on any atom is 0.186 e. The van der Waals surface area contributed by atoms with Gasteiger partial charge in [-0.2, -0.15) is 0 Å². The maximum atomic E-state index is 5.38. The molecular formula is C12H18N4. The lowest BCUT2D eigenvalue weighted by Crippen LogP contribution is -2.27. The number of benzene rings is 1. The van der Waals surface area contributed by atoms with Crippen molar-refractivity contribution >= 4 is 5.96 Å². The summed E-state index contributed by atoms with van der Waals surface area (Å²) in [6, 6.07) is 10.7. The zero-order chi connectivity index (χ0) is 11.4. The molecule has 1 saturated heterocycles. The number of hydrogen-bond acceptors (Lipinski definition) is 2. The molecule has 0 saturated carbocycles. The van der Waals surface area contributed by atoms with Crippen LogP contribution in [0.3, 0.4) is 0 Å². The lowest BCUT2D eigenvalue weighted by atomic mass is 10.2. The highest BCUT2D eigenvalue weighted by Crippen LogP contribution is 2.15. The summed E-state index contributed by atoms with van der Waals surface area (Å²) < 4.78 is 0. The van der Waals surface area contributed by atoms with Crippen LogP contribution in [-0.4, -0.2) is 30.0 Å². The van der Waals surface area contributed by atoms with Gasteiger partial charge in [0.1, 0.15) is 0 Å². The molecule has 0 amide bonds. The molecule has 1 unspecified atom stereocenters. The van der Waals surface area contributed by atoms with E-state index in [4.69, 9.17) is 11.5 Å². The van der Waals surface area contributed by atoms with Crippen molar-refractivity contribution in [1.82, 2.24) is 4.90 Å². The number of nitrogens with zero attached hydrogens (tertiary/aromatic N) is 2. The summed E-state index contributed by atoms with van der Waals surface area (Å²) in [6.45, 7) is 3.00. The molecule has 1 heterocycles. The lowest BCUT2D eigenvalue weighted by Gasteiger charge is -2.14. The normalized spacial score (nSPS) is 20.9. The van der Waals surface area contributed by atoms with Crippen LogP contribution < -0.4 is 11.5 Å². The van der Waals surface area contributed by atoms with E-state index in [1.165, 1.54) is 5.56 Å². The molecule has 1 aliphatic heterocycles. The molecule has 86 valence electrons. The van der Waals surface area contributed by atoms with Crippen LogP contribution in [0.2, 0.25) is 0 Å². The van der Waals surface area contributed by atoms with Crippen molar-refractivity contribution in [3.63, 3.8) is 0 Å².